The molecule has 1 fully saturated rings. The summed E-state index contributed by atoms with van der Waals surface area (Å²) in [7, 11) is 4.11. The third-order valence-electron chi connectivity index (χ3n) is 5.32. The lowest BCUT2D eigenvalue weighted by molar-refractivity contribution is -0.120. The molecule has 1 saturated heterocycles. The van der Waals surface area contributed by atoms with E-state index in [-0.39, 0.29) is 11.9 Å². The van der Waals surface area contributed by atoms with Gasteiger partial charge >= 0.3 is 0 Å². The Morgan fingerprint density at radius 1 is 1.11 bits per heavy atom. The van der Waals surface area contributed by atoms with Crippen LogP contribution < -0.4 is 10.2 Å². The molecule has 0 aromatic heterocycles. The third-order valence-corrected chi connectivity index (χ3v) is 5.32. The van der Waals surface area contributed by atoms with Gasteiger partial charge in [-0.3, -0.25) is 9.69 Å². The fraction of sp³-hybridized carbons (Fsp3) is 0.435. The minimum atomic E-state index is 0.0923. The van der Waals surface area contributed by atoms with E-state index in [2.05, 4.69) is 72.5 Å². The lowest BCUT2D eigenvalue weighted by atomic mass is 10.0. The summed E-state index contributed by atoms with van der Waals surface area (Å²) < 4.78 is 0. The average molecular weight is 366 g/mol. The molecule has 1 atom stereocenters. The lowest BCUT2D eigenvalue weighted by Crippen LogP contribution is -2.37. The minimum absolute atomic E-state index is 0.0923. The minimum Gasteiger partial charge on any atom is -0.378 e. The molecule has 1 aliphatic heterocycles. The first-order valence-electron chi connectivity index (χ1n) is 9.86. The summed E-state index contributed by atoms with van der Waals surface area (Å²) in [6.07, 6.45) is 2.92. The Kier molecular flexibility index (Phi) is 6.51. The molecule has 144 valence electrons. The van der Waals surface area contributed by atoms with Gasteiger partial charge in [0.1, 0.15) is 0 Å². The van der Waals surface area contributed by atoms with Gasteiger partial charge in [-0.1, -0.05) is 42.0 Å². The molecule has 27 heavy (non-hydrogen) atoms. The monoisotopic (exact) mass is 365 g/mol. The molecule has 1 amide bonds. The summed E-state index contributed by atoms with van der Waals surface area (Å²) in [5.74, 6) is 0.0923. The highest BCUT2D eigenvalue weighted by Gasteiger charge is 2.24. The number of amides is 1. The van der Waals surface area contributed by atoms with E-state index in [1.54, 1.807) is 0 Å². The Bertz CT molecular complexity index is 748. The normalized spacial score (nSPS) is 15.5. The number of carbonyl (C=O) groups excluding carboxylic acids is 1. The summed E-state index contributed by atoms with van der Waals surface area (Å²) in [6.45, 7) is 4.93. The van der Waals surface area contributed by atoms with Crippen LogP contribution in [-0.4, -0.2) is 44.5 Å². The fourth-order valence-electron chi connectivity index (χ4n) is 3.79. The number of hydrogen-bond donors (Lipinski definition) is 1. The molecule has 1 aliphatic rings. The topological polar surface area (TPSA) is 35.6 Å². The Labute approximate surface area is 163 Å². The van der Waals surface area contributed by atoms with E-state index in [4.69, 9.17) is 0 Å². The van der Waals surface area contributed by atoms with Crippen molar-refractivity contribution in [2.75, 3.05) is 38.6 Å². The molecule has 3 rings (SSSR count). The molecule has 1 heterocycles. The standard InChI is InChI=1S/C23H31N3O/c1-18-7-6-8-19(15-18)16-23(27)24-17-22(26-13-4-5-14-26)20-9-11-21(12-10-20)25(2)3/h6-12,15,22H,4-5,13-14,16-17H2,1-3H3,(H,24,27)/t22-/m0/s1. The molecule has 0 spiro atoms. The third kappa shape index (κ3) is 5.33. The van der Waals surface area contributed by atoms with E-state index in [9.17, 15) is 4.79 Å². The first-order valence-corrected chi connectivity index (χ1v) is 9.86. The second-order valence-corrected chi connectivity index (χ2v) is 7.71. The summed E-state index contributed by atoms with van der Waals surface area (Å²) in [5.41, 5.74) is 4.73. The number of likely N-dealkylation sites (tertiary alicyclic amines) is 1. The molecule has 2 aromatic rings. The maximum atomic E-state index is 12.5. The summed E-state index contributed by atoms with van der Waals surface area (Å²) in [6, 6.07) is 17.1. The summed E-state index contributed by atoms with van der Waals surface area (Å²) in [4.78, 5) is 17.1. The second kappa shape index (κ2) is 9.05. The van der Waals surface area contributed by atoms with Gasteiger partial charge < -0.3 is 10.2 Å². The molecule has 0 unspecified atom stereocenters. The van der Waals surface area contributed by atoms with E-state index < -0.39 is 0 Å². The number of rotatable bonds is 7. The number of aryl methyl sites for hydroxylation is 1. The van der Waals surface area contributed by atoms with Crippen LogP contribution in [0.15, 0.2) is 48.5 Å². The van der Waals surface area contributed by atoms with Gasteiger partial charge in [-0.05, 0) is 56.1 Å². The zero-order chi connectivity index (χ0) is 19.2. The van der Waals surface area contributed by atoms with Gasteiger partial charge in [-0.15, -0.1) is 0 Å². The fourth-order valence-corrected chi connectivity index (χ4v) is 3.79. The van der Waals surface area contributed by atoms with Crippen molar-refractivity contribution in [2.45, 2.75) is 32.2 Å². The Morgan fingerprint density at radius 2 is 1.81 bits per heavy atom. The number of hydrogen-bond acceptors (Lipinski definition) is 3. The van der Waals surface area contributed by atoms with Crippen molar-refractivity contribution in [1.29, 1.82) is 0 Å². The van der Waals surface area contributed by atoms with Crippen LogP contribution in [0.2, 0.25) is 0 Å². The Hall–Kier alpha value is -2.33. The molecular weight excluding hydrogens is 334 g/mol. The number of carbonyl (C=O) groups is 1. The second-order valence-electron chi connectivity index (χ2n) is 7.71. The molecule has 2 aromatic carbocycles. The molecule has 0 bridgehead atoms. The maximum absolute atomic E-state index is 12.5. The van der Waals surface area contributed by atoms with Gasteiger partial charge in [-0.25, -0.2) is 0 Å². The molecule has 0 radical (unpaired) electrons. The van der Waals surface area contributed by atoms with Crippen molar-refractivity contribution < 1.29 is 4.79 Å². The van der Waals surface area contributed by atoms with Gasteiger partial charge in [0.05, 0.1) is 12.5 Å². The van der Waals surface area contributed by atoms with Crippen LogP contribution in [0, 0.1) is 6.92 Å². The van der Waals surface area contributed by atoms with Gasteiger partial charge in [-0.2, -0.15) is 0 Å². The van der Waals surface area contributed by atoms with Gasteiger partial charge in [0.15, 0.2) is 0 Å². The number of nitrogens with zero attached hydrogens (tertiary/aromatic N) is 2. The van der Waals surface area contributed by atoms with E-state index in [0.717, 1.165) is 18.7 Å². The first-order chi connectivity index (χ1) is 13.0. The molecule has 0 saturated carbocycles. The van der Waals surface area contributed by atoms with Crippen molar-refractivity contribution >= 4 is 11.6 Å². The molecular formula is C23H31N3O. The van der Waals surface area contributed by atoms with Crippen molar-refractivity contribution in [3.63, 3.8) is 0 Å². The van der Waals surface area contributed by atoms with Crippen molar-refractivity contribution in [3.05, 3.63) is 65.2 Å². The van der Waals surface area contributed by atoms with E-state index >= 15 is 0 Å². The van der Waals surface area contributed by atoms with Crippen molar-refractivity contribution in [3.8, 4) is 0 Å². The largest absolute Gasteiger partial charge is 0.378 e. The van der Waals surface area contributed by atoms with Crippen LogP contribution in [0.3, 0.4) is 0 Å². The number of benzene rings is 2. The van der Waals surface area contributed by atoms with Crippen LogP contribution in [0.5, 0.6) is 0 Å². The van der Waals surface area contributed by atoms with Gasteiger partial charge in [0.2, 0.25) is 5.91 Å². The average Bonchev–Trinajstić information content (AvgIpc) is 3.17. The van der Waals surface area contributed by atoms with Crippen molar-refractivity contribution in [1.82, 2.24) is 10.2 Å². The number of nitrogens with one attached hydrogen (secondary N) is 1. The maximum Gasteiger partial charge on any atom is 0.224 e. The van der Waals surface area contributed by atoms with Crippen LogP contribution in [-0.2, 0) is 11.2 Å². The molecule has 4 nitrogen and oxygen atoms in total. The van der Waals surface area contributed by atoms with Crippen LogP contribution in [0.4, 0.5) is 5.69 Å². The summed E-state index contributed by atoms with van der Waals surface area (Å²) >= 11 is 0. The zero-order valence-electron chi connectivity index (χ0n) is 16.7. The lowest BCUT2D eigenvalue weighted by Gasteiger charge is -2.28. The highest BCUT2D eigenvalue weighted by Crippen LogP contribution is 2.26. The SMILES string of the molecule is Cc1cccc(CC(=O)NC[C@@H](c2ccc(N(C)C)cc2)N2CCCC2)c1. The zero-order valence-corrected chi connectivity index (χ0v) is 16.7. The molecule has 1 N–H and O–H groups in total. The van der Waals surface area contributed by atoms with Crippen molar-refractivity contribution in [2.24, 2.45) is 0 Å². The van der Waals surface area contributed by atoms with E-state index in [1.807, 2.05) is 12.1 Å². The Morgan fingerprint density at radius 3 is 2.44 bits per heavy atom. The van der Waals surface area contributed by atoms with Crippen LogP contribution >= 0.6 is 0 Å². The predicted molar refractivity (Wildman–Crippen MR) is 112 cm³/mol. The van der Waals surface area contributed by atoms with Gasteiger partial charge in [0, 0.05) is 26.3 Å². The smallest absolute Gasteiger partial charge is 0.224 e. The van der Waals surface area contributed by atoms with E-state index in [0.29, 0.717) is 13.0 Å². The number of anilines is 1. The quantitative estimate of drug-likeness (QED) is 0.815. The summed E-state index contributed by atoms with van der Waals surface area (Å²) in [5, 5.41) is 3.17. The van der Waals surface area contributed by atoms with Crippen LogP contribution in [0.25, 0.3) is 0 Å². The molecule has 4 heteroatoms. The predicted octanol–water partition coefficient (Wildman–Crippen LogP) is 3.56. The highest BCUT2D eigenvalue weighted by atomic mass is 16.1. The first kappa shape index (κ1) is 19.4. The van der Waals surface area contributed by atoms with Gasteiger partial charge in [0.25, 0.3) is 0 Å². The molecule has 0 aliphatic carbocycles. The van der Waals surface area contributed by atoms with E-state index in [1.165, 1.54) is 29.7 Å². The highest BCUT2D eigenvalue weighted by molar-refractivity contribution is 5.78. The van der Waals surface area contributed by atoms with Crippen LogP contribution in [0.1, 0.15) is 35.6 Å². The Balaban J connectivity index is 1.65.